The molecule has 1 atom stereocenters. The van der Waals surface area contributed by atoms with Crippen LogP contribution in [0.25, 0.3) is 0 Å². The van der Waals surface area contributed by atoms with Gasteiger partial charge in [0.05, 0.1) is 19.1 Å². The van der Waals surface area contributed by atoms with Crippen LogP contribution in [0.3, 0.4) is 0 Å². The topological polar surface area (TPSA) is 52.3 Å². The quantitative estimate of drug-likeness (QED) is 0.674. The third-order valence-corrected chi connectivity index (χ3v) is 2.34. The molecular formula is C11H11F4NO2. The van der Waals surface area contributed by atoms with E-state index in [1.165, 1.54) is 0 Å². The summed E-state index contributed by atoms with van der Waals surface area (Å²) in [6.07, 6.45) is -5.26. The summed E-state index contributed by atoms with van der Waals surface area (Å²) in [5.74, 6) is -1.90. The van der Waals surface area contributed by atoms with E-state index >= 15 is 0 Å². The van der Waals surface area contributed by atoms with Gasteiger partial charge in [0.25, 0.3) is 0 Å². The van der Waals surface area contributed by atoms with E-state index in [2.05, 4.69) is 4.74 Å². The van der Waals surface area contributed by atoms with Crippen molar-refractivity contribution in [3.63, 3.8) is 0 Å². The SMILES string of the molecule is COC(=O)C[C@@H](N)c1c(F)cccc1C(F)(F)F. The van der Waals surface area contributed by atoms with Crippen LogP contribution in [0.1, 0.15) is 23.6 Å². The second kappa shape index (κ2) is 5.34. The first-order chi connectivity index (χ1) is 8.27. The summed E-state index contributed by atoms with van der Waals surface area (Å²) in [5, 5.41) is 0. The zero-order valence-electron chi connectivity index (χ0n) is 9.42. The van der Waals surface area contributed by atoms with Crippen LogP contribution >= 0.6 is 0 Å². The van der Waals surface area contributed by atoms with Crippen LogP contribution in [0.5, 0.6) is 0 Å². The van der Waals surface area contributed by atoms with Crippen LogP contribution in [0.2, 0.25) is 0 Å². The van der Waals surface area contributed by atoms with Gasteiger partial charge in [0.1, 0.15) is 5.82 Å². The van der Waals surface area contributed by atoms with Crippen LogP contribution in [-0.2, 0) is 15.7 Å². The second-order valence-electron chi connectivity index (χ2n) is 3.59. The number of alkyl halides is 3. The minimum Gasteiger partial charge on any atom is -0.469 e. The predicted octanol–water partition coefficient (Wildman–Crippen LogP) is 2.41. The highest BCUT2D eigenvalue weighted by molar-refractivity contribution is 5.70. The molecule has 1 aromatic rings. The van der Waals surface area contributed by atoms with E-state index in [9.17, 15) is 22.4 Å². The Bertz CT molecular complexity index is 445. The molecule has 0 saturated heterocycles. The molecule has 2 N–H and O–H groups in total. The number of ether oxygens (including phenoxy) is 1. The minimum atomic E-state index is -4.73. The van der Waals surface area contributed by atoms with E-state index in [1.54, 1.807) is 0 Å². The lowest BCUT2D eigenvalue weighted by Gasteiger charge is -2.18. The van der Waals surface area contributed by atoms with Crippen molar-refractivity contribution in [2.45, 2.75) is 18.6 Å². The van der Waals surface area contributed by atoms with Gasteiger partial charge in [-0.2, -0.15) is 13.2 Å². The molecule has 3 nitrogen and oxygen atoms in total. The number of hydrogen-bond donors (Lipinski definition) is 1. The molecular weight excluding hydrogens is 254 g/mol. The number of methoxy groups -OCH3 is 1. The third kappa shape index (κ3) is 3.19. The lowest BCUT2D eigenvalue weighted by Crippen LogP contribution is -2.22. The molecule has 0 aliphatic rings. The van der Waals surface area contributed by atoms with Gasteiger partial charge in [0, 0.05) is 11.6 Å². The zero-order chi connectivity index (χ0) is 13.9. The molecule has 1 aromatic carbocycles. The van der Waals surface area contributed by atoms with Gasteiger partial charge in [0.15, 0.2) is 0 Å². The summed E-state index contributed by atoms with van der Waals surface area (Å²) in [7, 11) is 1.07. The lowest BCUT2D eigenvalue weighted by atomic mass is 9.97. The van der Waals surface area contributed by atoms with Crippen molar-refractivity contribution < 1.29 is 27.1 Å². The van der Waals surface area contributed by atoms with Crippen molar-refractivity contribution in [3.05, 3.63) is 35.1 Å². The molecule has 18 heavy (non-hydrogen) atoms. The first kappa shape index (κ1) is 14.4. The maximum atomic E-state index is 13.5. The van der Waals surface area contributed by atoms with E-state index in [0.717, 1.165) is 25.3 Å². The molecule has 1 rings (SSSR count). The van der Waals surface area contributed by atoms with Gasteiger partial charge in [-0.05, 0) is 12.1 Å². The highest BCUT2D eigenvalue weighted by Gasteiger charge is 2.36. The fourth-order valence-electron chi connectivity index (χ4n) is 1.53. The number of nitrogens with two attached hydrogens (primary N) is 1. The van der Waals surface area contributed by atoms with Crippen LogP contribution in [0.15, 0.2) is 18.2 Å². The average molecular weight is 265 g/mol. The highest BCUT2D eigenvalue weighted by Crippen LogP contribution is 2.36. The second-order valence-corrected chi connectivity index (χ2v) is 3.59. The van der Waals surface area contributed by atoms with Gasteiger partial charge < -0.3 is 10.5 Å². The first-order valence-electron chi connectivity index (χ1n) is 4.95. The number of halogens is 4. The lowest BCUT2D eigenvalue weighted by molar-refractivity contribution is -0.142. The highest BCUT2D eigenvalue weighted by atomic mass is 19.4. The molecule has 0 spiro atoms. The molecule has 0 unspecified atom stereocenters. The van der Waals surface area contributed by atoms with Crippen LogP contribution in [0.4, 0.5) is 17.6 Å². The van der Waals surface area contributed by atoms with Gasteiger partial charge in [-0.3, -0.25) is 4.79 Å². The molecule has 0 aromatic heterocycles. The minimum absolute atomic E-state index is 0.527. The molecule has 0 fully saturated rings. The maximum absolute atomic E-state index is 13.5. The van der Waals surface area contributed by atoms with Crippen molar-refractivity contribution >= 4 is 5.97 Å². The Morgan fingerprint density at radius 2 is 2.06 bits per heavy atom. The van der Waals surface area contributed by atoms with Gasteiger partial charge in [-0.1, -0.05) is 6.07 Å². The fourth-order valence-corrected chi connectivity index (χ4v) is 1.53. The number of hydrogen-bond acceptors (Lipinski definition) is 3. The summed E-state index contributed by atoms with van der Waals surface area (Å²) < 4.78 is 55.7. The van der Waals surface area contributed by atoms with E-state index < -0.39 is 41.6 Å². The molecule has 0 heterocycles. The molecule has 0 bridgehead atoms. The van der Waals surface area contributed by atoms with Gasteiger partial charge in [-0.25, -0.2) is 4.39 Å². The largest absolute Gasteiger partial charge is 0.469 e. The standard InChI is InChI=1S/C11H11F4NO2/c1-18-9(17)5-8(16)10-6(11(13,14)15)3-2-4-7(10)12/h2-4,8H,5,16H2,1H3/t8-/m1/s1. The van der Waals surface area contributed by atoms with Crippen molar-refractivity contribution in [2.75, 3.05) is 7.11 Å². The maximum Gasteiger partial charge on any atom is 0.416 e. The molecule has 7 heteroatoms. The van der Waals surface area contributed by atoms with E-state index in [-0.39, 0.29) is 0 Å². The normalized spacial score (nSPS) is 13.2. The number of carbonyl (C=O) groups excluding carboxylic acids is 1. The predicted molar refractivity (Wildman–Crippen MR) is 55.0 cm³/mol. The summed E-state index contributed by atoms with van der Waals surface area (Å²) in [5.41, 5.74) is 3.52. The Morgan fingerprint density at radius 1 is 1.44 bits per heavy atom. The van der Waals surface area contributed by atoms with E-state index in [1.807, 2.05) is 0 Å². The summed E-state index contributed by atoms with van der Waals surface area (Å²) >= 11 is 0. The van der Waals surface area contributed by atoms with Crippen molar-refractivity contribution in [1.82, 2.24) is 0 Å². The Kier molecular flexibility index (Phi) is 4.28. The monoisotopic (exact) mass is 265 g/mol. The smallest absolute Gasteiger partial charge is 0.416 e. The Labute approximate surface area is 101 Å². The van der Waals surface area contributed by atoms with Crippen molar-refractivity contribution in [3.8, 4) is 0 Å². The molecule has 100 valence electrons. The van der Waals surface area contributed by atoms with Crippen LogP contribution in [-0.4, -0.2) is 13.1 Å². The third-order valence-electron chi connectivity index (χ3n) is 2.34. The molecule has 0 aliphatic carbocycles. The Hall–Kier alpha value is -1.63. The summed E-state index contributed by atoms with van der Waals surface area (Å²) in [6, 6.07) is 1.11. The molecule has 0 saturated carbocycles. The number of carbonyl (C=O) groups is 1. The van der Waals surface area contributed by atoms with E-state index in [4.69, 9.17) is 5.73 Å². The summed E-state index contributed by atoms with van der Waals surface area (Å²) in [4.78, 5) is 11.0. The molecule has 0 radical (unpaired) electrons. The Morgan fingerprint density at radius 3 is 2.56 bits per heavy atom. The van der Waals surface area contributed by atoms with E-state index in [0.29, 0.717) is 0 Å². The van der Waals surface area contributed by atoms with Crippen LogP contribution < -0.4 is 5.73 Å². The van der Waals surface area contributed by atoms with Gasteiger partial charge in [0.2, 0.25) is 0 Å². The van der Waals surface area contributed by atoms with Crippen molar-refractivity contribution in [2.24, 2.45) is 5.73 Å². The van der Waals surface area contributed by atoms with Crippen LogP contribution in [0, 0.1) is 5.82 Å². The number of benzene rings is 1. The number of esters is 1. The molecule has 0 amide bonds. The average Bonchev–Trinajstić information content (AvgIpc) is 2.27. The first-order valence-corrected chi connectivity index (χ1v) is 4.95. The van der Waals surface area contributed by atoms with Crippen molar-refractivity contribution in [1.29, 1.82) is 0 Å². The summed E-state index contributed by atoms with van der Waals surface area (Å²) in [6.45, 7) is 0. The fraction of sp³-hybridized carbons (Fsp3) is 0.364. The zero-order valence-corrected chi connectivity index (χ0v) is 9.42. The van der Waals surface area contributed by atoms with Gasteiger partial charge in [-0.15, -0.1) is 0 Å². The number of rotatable bonds is 3. The Balaban J connectivity index is 3.18. The molecule has 0 aliphatic heterocycles. The van der Waals surface area contributed by atoms with Gasteiger partial charge >= 0.3 is 12.1 Å².